The van der Waals surface area contributed by atoms with Gasteiger partial charge in [0.2, 0.25) is 10.0 Å². The number of benzene rings is 1. The molecule has 0 heterocycles. The summed E-state index contributed by atoms with van der Waals surface area (Å²) in [6, 6.07) is 1.73. The van der Waals surface area contributed by atoms with Gasteiger partial charge in [0.25, 0.3) is 0 Å². The van der Waals surface area contributed by atoms with Crippen LogP contribution in [0.2, 0.25) is 0 Å². The molecule has 1 saturated carbocycles. The molecule has 0 atom stereocenters. The summed E-state index contributed by atoms with van der Waals surface area (Å²) in [5.74, 6) is -1.93. The largest absolute Gasteiger partial charge is 0.391 e. The number of aliphatic hydroxyl groups is 1. The maximum Gasteiger partial charge on any atom is 0.243 e. The second-order valence-corrected chi connectivity index (χ2v) is 7.09. The van der Waals surface area contributed by atoms with E-state index in [1.807, 2.05) is 0 Å². The number of hydrogen-bond acceptors (Lipinski definition) is 3. The van der Waals surface area contributed by atoms with Crippen LogP contribution in [0.3, 0.4) is 0 Å². The van der Waals surface area contributed by atoms with Gasteiger partial charge in [-0.3, -0.25) is 0 Å². The Morgan fingerprint density at radius 3 is 2.48 bits per heavy atom. The zero-order chi connectivity index (χ0) is 15.5. The normalized spacial score (nSPS) is 17.1. The Balaban J connectivity index is 2.15. The average molecular weight is 319 g/mol. The molecular weight excluding hydrogens is 300 g/mol. The van der Waals surface area contributed by atoms with Crippen LogP contribution in [-0.4, -0.2) is 20.1 Å². The molecule has 1 aliphatic carbocycles. The third-order valence-electron chi connectivity index (χ3n) is 3.89. The fraction of sp³-hybridized carbons (Fsp3) is 0.571. The van der Waals surface area contributed by atoms with Gasteiger partial charge >= 0.3 is 0 Å². The molecule has 4 nitrogen and oxygen atoms in total. The first-order valence-corrected chi connectivity index (χ1v) is 8.51. The Labute approximate surface area is 123 Å². The quantitative estimate of drug-likeness (QED) is 0.875. The third kappa shape index (κ3) is 3.78. The van der Waals surface area contributed by atoms with Gasteiger partial charge in [-0.25, -0.2) is 21.9 Å². The summed E-state index contributed by atoms with van der Waals surface area (Å²) >= 11 is 0. The highest BCUT2D eigenvalue weighted by Crippen LogP contribution is 2.24. The van der Waals surface area contributed by atoms with E-state index in [9.17, 15) is 17.2 Å². The molecule has 1 aromatic rings. The molecule has 0 bridgehead atoms. The SMILES string of the molecule is O=S(=O)(NCC1CCCCC1)c1ccc(F)c(CO)c1F. The average Bonchev–Trinajstić information content (AvgIpc) is 2.46. The summed E-state index contributed by atoms with van der Waals surface area (Å²) in [5, 5.41) is 8.93. The minimum atomic E-state index is -4.04. The standard InChI is InChI=1S/C14H19F2NO3S/c15-12-6-7-13(14(16)11(12)9-18)21(19,20)17-8-10-4-2-1-3-5-10/h6-7,10,17-18H,1-5,8-9H2. The molecule has 0 spiro atoms. The third-order valence-corrected chi connectivity index (χ3v) is 5.33. The lowest BCUT2D eigenvalue weighted by Gasteiger charge is -2.21. The van der Waals surface area contributed by atoms with E-state index >= 15 is 0 Å². The Kier molecular flexibility index (Phi) is 5.29. The number of rotatable bonds is 5. The summed E-state index contributed by atoms with van der Waals surface area (Å²) in [7, 11) is -4.04. The molecule has 0 radical (unpaired) electrons. The molecular formula is C14H19F2NO3S. The number of sulfonamides is 1. The van der Waals surface area contributed by atoms with Gasteiger partial charge in [0.15, 0.2) is 5.82 Å². The van der Waals surface area contributed by atoms with Crippen molar-refractivity contribution in [3.8, 4) is 0 Å². The predicted octanol–water partition coefficient (Wildman–Crippen LogP) is 2.32. The van der Waals surface area contributed by atoms with E-state index in [1.165, 1.54) is 0 Å². The molecule has 118 valence electrons. The number of nitrogens with one attached hydrogen (secondary N) is 1. The maximum absolute atomic E-state index is 14.0. The summed E-state index contributed by atoms with van der Waals surface area (Å²) < 4.78 is 53.9. The number of aliphatic hydroxyl groups excluding tert-OH is 1. The summed E-state index contributed by atoms with van der Waals surface area (Å²) in [6.45, 7) is -0.628. The topological polar surface area (TPSA) is 66.4 Å². The van der Waals surface area contributed by atoms with E-state index in [2.05, 4.69) is 4.72 Å². The Bertz CT molecular complexity index is 598. The molecule has 1 aromatic carbocycles. The first-order valence-electron chi connectivity index (χ1n) is 7.03. The van der Waals surface area contributed by atoms with Crippen molar-refractivity contribution in [1.29, 1.82) is 0 Å². The van der Waals surface area contributed by atoms with Crippen LogP contribution >= 0.6 is 0 Å². The highest BCUT2D eigenvalue weighted by molar-refractivity contribution is 7.89. The summed E-state index contributed by atoms with van der Waals surface area (Å²) in [5.41, 5.74) is -0.629. The molecule has 2 rings (SSSR count). The maximum atomic E-state index is 14.0. The Hall–Kier alpha value is -1.05. The molecule has 21 heavy (non-hydrogen) atoms. The summed E-state index contributed by atoms with van der Waals surface area (Å²) in [6.07, 6.45) is 5.22. The fourth-order valence-corrected chi connectivity index (χ4v) is 3.84. The second kappa shape index (κ2) is 6.81. The van der Waals surface area contributed by atoms with E-state index < -0.39 is 38.7 Å². The van der Waals surface area contributed by atoms with Gasteiger partial charge in [0, 0.05) is 6.54 Å². The highest BCUT2D eigenvalue weighted by atomic mass is 32.2. The highest BCUT2D eigenvalue weighted by Gasteiger charge is 2.24. The van der Waals surface area contributed by atoms with E-state index in [0.29, 0.717) is 0 Å². The van der Waals surface area contributed by atoms with Crippen LogP contribution in [0.1, 0.15) is 37.7 Å². The van der Waals surface area contributed by atoms with Crippen molar-refractivity contribution < 1.29 is 22.3 Å². The molecule has 0 aromatic heterocycles. The zero-order valence-corrected chi connectivity index (χ0v) is 12.4. The lowest BCUT2D eigenvalue weighted by Crippen LogP contribution is -2.31. The van der Waals surface area contributed by atoms with Crippen molar-refractivity contribution in [3.05, 3.63) is 29.3 Å². The minimum absolute atomic E-state index is 0.258. The fourth-order valence-electron chi connectivity index (χ4n) is 2.63. The zero-order valence-electron chi connectivity index (χ0n) is 11.6. The first kappa shape index (κ1) is 16.3. The van der Waals surface area contributed by atoms with Gasteiger partial charge < -0.3 is 5.11 Å². The van der Waals surface area contributed by atoms with Crippen LogP contribution < -0.4 is 4.72 Å². The van der Waals surface area contributed by atoms with E-state index in [4.69, 9.17) is 5.11 Å². The van der Waals surface area contributed by atoms with Gasteiger partial charge in [0.1, 0.15) is 10.7 Å². The number of hydrogen-bond donors (Lipinski definition) is 2. The first-order chi connectivity index (χ1) is 9.95. The van der Waals surface area contributed by atoms with Crippen LogP contribution in [0, 0.1) is 17.6 Å². The molecule has 0 unspecified atom stereocenters. The van der Waals surface area contributed by atoms with Gasteiger partial charge in [-0.1, -0.05) is 19.3 Å². The van der Waals surface area contributed by atoms with Crippen LogP contribution in [0.15, 0.2) is 17.0 Å². The van der Waals surface area contributed by atoms with Crippen molar-refractivity contribution in [2.24, 2.45) is 5.92 Å². The Morgan fingerprint density at radius 2 is 1.86 bits per heavy atom. The Morgan fingerprint density at radius 1 is 1.19 bits per heavy atom. The molecule has 2 N–H and O–H groups in total. The molecule has 0 saturated heterocycles. The van der Waals surface area contributed by atoms with Gasteiger partial charge in [-0.2, -0.15) is 0 Å². The lowest BCUT2D eigenvalue weighted by molar-refractivity contribution is 0.267. The van der Waals surface area contributed by atoms with Crippen molar-refractivity contribution >= 4 is 10.0 Å². The molecule has 7 heteroatoms. The van der Waals surface area contributed by atoms with Crippen molar-refractivity contribution in [2.45, 2.75) is 43.6 Å². The van der Waals surface area contributed by atoms with Crippen molar-refractivity contribution in [1.82, 2.24) is 4.72 Å². The molecule has 0 amide bonds. The van der Waals surface area contributed by atoms with Gasteiger partial charge in [-0.05, 0) is 30.9 Å². The smallest absolute Gasteiger partial charge is 0.243 e. The molecule has 1 fully saturated rings. The van der Waals surface area contributed by atoms with Crippen LogP contribution in [-0.2, 0) is 16.6 Å². The van der Waals surface area contributed by atoms with E-state index in [1.54, 1.807) is 0 Å². The van der Waals surface area contributed by atoms with Gasteiger partial charge in [-0.15, -0.1) is 0 Å². The molecule has 0 aliphatic heterocycles. The van der Waals surface area contributed by atoms with E-state index in [-0.39, 0.29) is 12.5 Å². The van der Waals surface area contributed by atoms with Crippen molar-refractivity contribution in [2.75, 3.05) is 6.54 Å². The van der Waals surface area contributed by atoms with Crippen LogP contribution in [0.4, 0.5) is 8.78 Å². The lowest BCUT2D eigenvalue weighted by atomic mass is 9.90. The number of halogens is 2. The predicted molar refractivity (Wildman–Crippen MR) is 74.0 cm³/mol. The summed E-state index contributed by atoms with van der Waals surface area (Å²) in [4.78, 5) is -0.622. The van der Waals surface area contributed by atoms with Crippen LogP contribution in [0.25, 0.3) is 0 Å². The minimum Gasteiger partial charge on any atom is -0.391 e. The monoisotopic (exact) mass is 319 g/mol. The van der Waals surface area contributed by atoms with Crippen molar-refractivity contribution in [3.63, 3.8) is 0 Å². The molecule has 1 aliphatic rings. The van der Waals surface area contributed by atoms with E-state index in [0.717, 1.165) is 44.2 Å². The van der Waals surface area contributed by atoms with Gasteiger partial charge in [0.05, 0.1) is 12.2 Å². The second-order valence-electron chi connectivity index (χ2n) is 5.35. The van der Waals surface area contributed by atoms with Crippen LogP contribution in [0.5, 0.6) is 0 Å².